The summed E-state index contributed by atoms with van der Waals surface area (Å²) >= 11 is 0. The molecule has 0 aromatic carbocycles. The molecule has 114 valence electrons. The van der Waals surface area contributed by atoms with E-state index < -0.39 is 0 Å². The molecule has 3 aromatic rings. The normalized spacial score (nSPS) is 16.6. The van der Waals surface area contributed by atoms with E-state index in [2.05, 4.69) is 25.6 Å². The lowest BCUT2D eigenvalue weighted by molar-refractivity contribution is 0.446. The van der Waals surface area contributed by atoms with Crippen LogP contribution in [0.15, 0.2) is 10.9 Å². The van der Waals surface area contributed by atoms with Crippen molar-refractivity contribution in [3.63, 3.8) is 0 Å². The Balaban J connectivity index is 2.06. The fourth-order valence-corrected chi connectivity index (χ4v) is 3.26. The number of hydrogen-bond donors (Lipinski definition) is 2. The number of aryl methyl sites for hydroxylation is 2. The summed E-state index contributed by atoms with van der Waals surface area (Å²) < 4.78 is 1.85. The van der Waals surface area contributed by atoms with E-state index >= 15 is 0 Å². The molecule has 0 spiro atoms. The van der Waals surface area contributed by atoms with Gasteiger partial charge < -0.3 is 10.3 Å². The number of nitrogens with zero attached hydrogens (tertiary/aromatic N) is 4. The molecule has 0 radical (unpaired) electrons. The van der Waals surface area contributed by atoms with Gasteiger partial charge >= 0.3 is 0 Å². The maximum atomic E-state index is 12.1. The maximum Gasteiger partial charge on any atom is 0.251 e. The first-order valence-electron chi connectivity index (χ1n) is 7.61. The van der Waals surface area contributed by atoms with Gasteiger partial charge in [0.1, 0.15) is 5.65 Å². The minimum absolute atomic E-state index is 0.0864. The molecule has 22 heavy (non-hydrogen) atoms. The quantitative estimate of drug-likeness (QED) is 0.701. The standard InChI is InChI=1S/C15H18N6O/c1-8-9(2)18-19-14-13(8)15-17-12(22)7-11(21(15)20-14)10-3-5-16-6-4-10/h7,10,16H,3-6H2,1-2H3,(H,17,22). The van der Waals surface area contributed by atoms with Crippen LogP contribution in [0.2, 0.25) is 0 Å². The smallest absolute Gasteiger partial charge is 0.251 e. The van der Waals surface area contributed by atoms with Crippen molar-refractivity contribution in [2.24, 2.45) is 0 Å². The lowest BCUT2D eigenvalue weighted by Crippen LogP contribution is -2.28. The first-order valence-corrected chi connectivity index (χ1v) is 7.61. The summed E-state index contributed by atoms with van der Waals surface area (Å²) in [5.74, 6) is 0.342. The molecule has 0 unspecified atom stereocenters. The van der Waals surface area contributed by atoms with Gasteiger partial charge in [-0.15, -0.1) is 10.2 Å². The van der Waals surface area contributed by atoms with Crippen molar-refractivity contribution < 1.29 is 0 Å². The van der Waals surface area contributed by atoms with E-state index in [9.17, 15) is 4.79 Å². The van der Waals surface area contributed by atoms with Crippen LogP contribution in [-0.4, -0.2) is 37.9 Å². The predicted molar refractivity (Wildman–Crippen MR) is 83.2 cm³/mol. The van der Waals surface area contributed by atoms with Crippen LogP contribution < -0.4 is 10.9 Å². The second-order valence-electron chi connectivity index (χ2n) is 5.95. The first-order chi connectivity index (χ1) is 10.6. The van der Waals surface area contributed by atoms with E-state index in [1.54, 1.807) is 6.07 Å². The molecule has 4 heterocycles. The van der Waals surface area contributed by atoms with E-state index in [1.165, 1.54) is 0 Å². The van der Waals surface area contributed by atoms with Crippen molar-refractivity contribution in [3.8, 4) is 0 Å². The number of rotatable bonds is 1. The van der Waals surface area contributed by atoms with Crippen LogP contribution in [0.3, 0.4) is 0 Å². The number of aromatic amines is 1. The average molecular weight is 298 g/mol. The molecular formula is C15H18N6O. The molecule has 0 bridgehead atoms. The van der Waals surface area contributed by atoms with Gasteiger partial charge in [-0.25, -0.2) is 4.52 Å². The molecule has 0 atom stereocenters. The molecule has 0 amide bonds. The van der Waals surface area contributed by atoms with Crippen LogP contribution in [0.5, 0.6) is 0 Å². The molecular weight excluding hydrogens is 280 g/mol. The Hall–Kier alpha value is -2.28. The second kappa shape index (κ2) is 4.88. The van der Waals surface area contributed by atoms with Gasteiger partial charge in [-0.3, -0.25) is 4.79 Å². The predicted octanol–water partition coefficient (Wildman–Crippen LogP) is 1.05. The number of hydrogen-bond acceptors (Lipinski definition) is 5. The molecule has 7 nitrogen and oxygen atoms in total. The van der Waals surface area contributed by atoms with Gasteiger partial charge in [0, 0.05) is 12.0 Å². The summed E-state index contributed by atoms with van der Waals surface area (Å²) in [5, 5.41) is 17.1. The highest BCUT2D eigenvalue weighted by Gasteiger charge is 2.21. The fraction of sp³-hybridized carbons (Fsp3) is 0.467. The minimum atomic E-state index is -0.0864. The van der Waals surface area contributed by atoms with Crippen molar-refractivity contribution in [1.82, 2.24) is 30.1 Å². The molecule has 0 saturated carbocycles. The Morgan fingerprint density at radius 3 is 2.77 bits per heavy atom. The van der Waals surface area contributed by atoms with Crippen LogP contribution in [0.25, 0.3) is 16.7 Å². The Morgan fingerprint density at radius 1 is 1.23 bits per heavy atom. The van der Waals surface area contributed by atoms with Crippen LogP contribution in [-0.2, 0) is 0 Å². The first kappa shape index (κ1) is 13.4. The van der Waals surface area contributed by atoms with Crippen molar-refractivity contribution in [3.05, 3.63) is 33.4 Å². The third kappa shape index (κ3) is 1.93. The lowest BCUT2D eigenvalue weighted by Gasteiger charge is -2.22. The zero-order chi connectivity index (χ0) is 15.3. The summed E-state index contributed by atoms with van der Waals surface area (Å²) in [6.45, 7) is 5.85. The van der Waals surface area contributed by atoms with E-state index in [0.29, 0.717) is 11.6 Å². The number of nitrogens with one attached hydrogen (secondary N) is 2. The summed E-state index contributed by atoms with van der Waals surface area (Å²) in [6, 6.07) is 1.67. The number of H-pyrrole nitrogens is 1. The fourth-order valence-electron chi connectivity index (χ4n) is 3.26. The van der Waals surface area contributed by atoms with E-state index in [1.807, 2.05) is 18.4 Å². The van der Waals surface area contributed by atoms with E-state index in [4.69, 9.17) is 0 Å². The Labute approximate surface area is 126 Å². The largest absolute Gasteiger partial charge is 0.317 e. The molecule has 1 aliphatic rings. The summed E-state index contributed by atoms with van der Waals surface area (Å²) in [5.41, 5.74) is 4.06. The van der Waals surface area contributed by atoms with E-state index in [0.717, 1.165) is 53.9 Å². The number of fused-ring (bicyclic) bond motifs is 3. The van der Waals surface area contributed by atoms with Crippen LogP contribution in [0.4, 0.5) is 0 Å². The number of aromatic nitrogens is 5. The average Bonchev–Trinajstić information content (AvgIpc) is 2.90. The highest BCUT2D eigenvalue weighted by molar-refractivity contribution is 5.92. The Kier molecular flexibility index (Phi) is 2.97. The SMILES string of the molecule is Cc1nnc2nn3c(C4CCNCC4)cc(=O)[nH]c3c2c1C. The summed E-state index contributed by atoms with van der Waals surface area (Å²) in [7, 11) is 0. The molecule has 1 saturated heterocycles. The molecule has 4 rings (SSSR count). The van der Waals surface area contributed by atoms with Gasteiger partial charge in [0.15, 0.2) is 0 Å². The van der Waals surface area contributed by atoms with Crippen LogP contribution in [0, 0.1) is 13.8 Å². The van der Waals surface area contributed by atoms with Crippen molar-refractivity contribution in [1.29, 1.82) is 0 Å². The van der Waals surface area contributed by atoms with Crippen molar-refractivity contribution in [2.45, 2.75) is 32.6 Å². The van der Waals surface area contributed by atoms with Gasteiger partial charge in [-0.1, -0.05) is 0 Å². The lowest BCUT2D eigenvalue weighted by atomic mass is 9.94. The van der Waals surface area contributed by atoms with Gasteiger partial charge in [0.2, 0.25) is 5.65 Å². The third-order valence-electron chi connectivity index (χ3n) is 4.60. The molecule has 0 aliphatic carbocycles. The molecule has 1 fully saturated rings. The van der Waals surface area contributed by atoms with Crippen molar-refractivity contribution in [2.75, 3.05) is 13.1 Å². The molecule has 7 heteroatoms. The molecule has 2 N–H and O–H groups in total. The summed E-state index contributed by atoms with van der Waals surface area (Å²) in [4.78, 5) is 15.1. The molecule has 3 aromatic heterocycles. The second-order valence-corrected chi connectivity index (χ2v) is 5.95. The van der Waals surface area contributed by atoms with Gasteiger partial charge in [-0.05, 0) is 45.3 Å². The zero-order valence-electron chi connectivity index (χ0n) is 12.7. The Morgan fingerprint density at radius 2 is 2.00 bits per heavy atom. The topological polar surface area (TPSA) is 88.0 Å². The van der Waals surface area contributed by atoms with Crippen LogP contribution >= 0.6 is 0 Å². The van der Waals surface area contributed by atoms with Crippen molar-refractivity contribution >= 4 is 16.7 Å². The summed E-state index contributed by atoms with van der Waals surface area (Å²) in [6.07, 6.45) is 2.02. The Bertz CT molecular complexity index is 919. The zero-order valence-corrected chi connectivity index (χ0v) is 12.7. The highest BCUT2D eigenvalue weighted by Crippen LogP contribution is 2.27. The van der Waals surface area contributed by atoms with Gasteiger partial charge in [0.25, 0.3) is 5.56 Å². The van der Waals surface area contributed by atoms with E-state index in [-0.39, 0.29) is 5.56 Å². The highest BCUT2D eigenvalue weighted by atomic mass is 16.1. The van der Waals surface area contributed by atoms with Gasteiger partial charge in [-0.2, -0.15) is 5.10 Å². The third-order valence-corrected chi connectivity index (χ3v) is 4.60. The number of piperidine rings is 1. The minimum Gasteiger partial charge on any atom is -0.317 e. The maximum absolute atomic E-state index is 12.1. The monoisotopic (exact) mass is 298 g/mol. The van der Waals surface area contributed by atoms with Gasteiger partial charge in [0.05, 0.1) is 16.8 Å². The molecule has 1 aliphatic heterocycles. The van der Waals surface area contributed by atoms with Crippen LogP contribution in [0.1, 0.15) is 35.7 Å².